The van der Waals surface area contributed by atoms with Crippen molar-refractivity contribution in [3.05, 3.63) is 52.8 Å². The maximum absolute atomic E-state index is 10.6. The molecule has 1 heterocycles. The number of benzene rings is 1. The molecule has 3 heteroatoms. The molecule has 3 nitrogen and oxygen atoms in total. The number of aliphatic hydroxyl groups excluding tert-OH is 1. The molecule has 0 saturated heterocycles. The van der Waals surface area contributed by atoms with Crippen LogP contribution in [0.25, 0.3) is 0 Å². The third-order valence-corrected chi connectivity index (χ3v) is 4.16. The van der Waals surface area contributed by atoms with Crippen LogP contribution < -0.4 is 0 Å². The Labute approximate surface area is 127 Å². The molecule has 0 aliphatic rings. The number of hydrogen-bond acceptors (Lipinski definition) is 2. The Bertz CT molecular complexity index is 571. The topological polar surface area (TPSA) is 38.0 Å². The van der Waals surface area contributed by atoms with Crippen molar-refractivity contribution < 1.29 is 5.11 Å². The maximum Gasteiger partial charge on any atom is 0.101 e. The van der Waals surface area contributed by atoms with E-state index in [4.69, 9.17) is 0 Å². The Kier molecular flexibility index (Phi) is 5.18. The molecule has 2 unspecified atom stereocenters. The second-order valence-corrected chi connectivity index (χ2v) is 5.56. The molecule has 0 spiro atoms. The van der Waals surface area contributed by atoms with Gasteiger partial charge in [-0.25, -0.2) is 0 Å². The summed E-state index contributed by atoms with van der Waals surface area (Å²) in [5.74, 6) is 0. The minimum absolute atomic E-state index is 0.0623. The van der Waals surface area contributed by atoms with Crippen LogP contribution in [-0.2, 0) is 19.3 Å². The number of hydrogen-bond donors (Lipinski definition) is 1. The minimum Gasteiger partial charge on any atom is -0.386 e. The van der Waals surface area contributed by atoms with Crippen LogP contribution in [0, 0.1) is 0 Å². The summed E-state index contributed by atoms with van der Waals surface area (Å²) in [7, 11) is 0. The molecule has 2 aromatic rings. The fourth-order valence-electron chi connectivity index (χ4n) is 2.64. The van der Waals surface area contributed by atoms with Crippen molar-refractivity contribution >= 4 is 0 Å². The van der Waals surface area contributed by atoms with E-state index in [1.54, 1.807) is 0 Å². The molecule has 0 radical (unpaired) electrons. The van der Waals surface area contributed by atoms with Gasteiger partial charge in [0.15, 0.2) is 0 Å². The Morgan fingerprint density at radius 3 is 2.24 bits per heavy atom. The summed E-state index contributed by atoms with van der Waals surface area (Å²) < 4.78 is 1.98. The van der Waals surface area contributed by atoms with Crippen LogP contribution in [0.5, 0.6) is 0 Å². The molecule has 2 rings (SSSR count). The highest BCUT2D eigenvalue weighted by Crippen LogP contribution is 2.27. The average Bonchev–Trinajstić information content (AvgIpc) is 2.97. The van der Waals surface area contributed by atoms with Gasteiger partial charge >= 0.3 is 0 Å². The summed E-state index contributed by atoms with van der Waals surface area (Å²) in [6, 6.07) is 10.3. The zero-order valence-corrected chi connectivity index (χ0v) is 13.5. The van der Waals surface area contributed by atoms with Crippen molar-refractivity contribution in [2.75, 3.05) is 0 Å². The zero-order chi connectivity index (χ0) is 15.4. The highest BCUT2D eigenvalue weighted by atomic mass is 16.3. The third kappa shape index (κ3) is 3.35. The summed E-state index contributed by atoms with van der Waals surface area (Å²) in [4.78, 5) is 0. The van der Waals surface area contributed by atoms with E-state index in [0.29, 0.717) is 0 Å². The van der Waals surface area contributed by atoms with Crippen LogP contribution in [0.1, 0.15) is 62.4 Å². The van der Waals surface area contributed by atoms with Crippen LogP contribution in [0.3, 0.4) is 0 Å². The van der Waals surface area contributed by atoms with Gasteiger partial charge in [0.2, 0.25) is 0 Å². The lowest BCUT2D eigenvalue weighted by molar-refractivity contribution is 0.114. The van der Waals surface area contributed by atoms with Gasteiger partial charge in [0.05, 0.1) is 11.7 Å². The predicted molar refractivity (Wildman–Crippen MR) is 86.5 cm³/mol. The molecule has 0 bridgehead atoms. The van der Waals surface area contributed by atoms with Crippen molar-refractivity contribution in [1.29, 1.82) is 0 Å². The molecule has 0 aliphatic carbocycles. The van der Waals surface area contributed by atoms with Crippen LogP contribution in [0.15, 0.2) is 30.3 Å². The van der Waals surface area contributed by atoms with Gasteiger partial charge in [0.25, 0.3) is 0 Å². The maximum atomic E-state index is 10.6. The van der Waals surface area contributed by atoms with E-state index < -0.39 is 6.10 Å². The molecule has 0 saturated carbocycles. The Balaban J connectivity index is 2.25. The van der Waals surface area contributed by atoms with Gasteiger partial charge in [-0.15, -0.1) is 0 Å². The monoisotopic (exact) mass is 286 g/mol. The largest absolute Gasteiger partial charge is 0.386 e. The third-order valence-electron chi connectivity index (χ3n) is 4.16. The van der Waals surface area contributed by atoms with Crippen molar-refractivity contribution in [1.82, 2.24) is 9.78 Å². The standard InChI is InChI=1S/C18H26N2O/c1-5-14-8-10-15(11-9-14)18(21)13(4)20-17(7-3)12-16(6-2)19-20/h8-13,18,21H,5-7H2,1-4H3. The molecule has 0 aliphatic heterocycles. The minimum atomic E-state index is -0.536. The highest BCUT2D eigenvalue weighted by Gasteiger charge is 2.21. The molecule has 1 aromatic carbocycles. The van der Waals surface area contributed by atoms with Gasteiger partial charge in [-0.3, -0.25) is 4.68 Å². The van der Waals surface area contributed by atoms with Gasteiger partial charge in [-0.05, 0) is 43.4 Å². The van der Waals surface area contributed by atoms with Crippen molar-refractivity contribution in [3.63, 3.8) is 0 Å². The van der Waals surface area contributed by atoms with Gasteiger partial charge in [-0.2, -0.15) is 5.10 Å². The Morgan fingerprint density at radius 2 is 1.71 bits per heavy atom. The summed E-state index contributed by atoms with van der Waals surface area (Å²) in [6.45, 7) is 8.40. The van der Waals surface area contributed by atoms with E-state index in [2.05, 4.69) is 44.1 Å². The summed E-state index contributed by atoms with van der Waals surface area (Å²) >= 11 is 0. The van der Waals surface area contributed by atoms with E-state index >= 15 is 0 Å². The van der Waals surface area contributed by atoms with Gasteiger partial charge < -0.3 is 5.11 Å². The van der Waals surface area contributed by atoms with E-state index in [1.165, 1.54) is 11.3 Å². The van der Waals surface area contributed by atoms with Crippen molar-refractivity contribution in [2.24, 2.45) is 0 Å². The number of aryl methyl sites for hydroxylation is 3. The number of nitrogens with zero attached hydrogens (tertiary/aromatic N) is 2. The van der Waals surface area contributed by atoms with Gasteiger partial charge in [-0.1, -0.05) is 45.0 Å². The predicted octanol–water partition coefficient (Wildman–Crippen LogP) is 3.86. The summed E-state index contributed by atoms with van der Waals surface area (Å²) in [5.41, 5.74) is 4.52. The first-order valence-electron chi connectivity index (χ1n) is 7.94. The van der Waals surface area contributed by atoms with E-state index in [0.717, 1.165) is 30.5 Å². The van der Waals surface area contributed by atoms with E-state index in [-0.39, 0.29) is 6.04 Å². The average molecular weight is 286 g/mol. The molecule has 21 heavy (non-hydrogen) atoms. The molecule has 0 amide bonds. The fraction of sp³-hybridized carbons (Fsp3) is 0.500. The normalized spacial score (nSPS) is 14.1. The lowest BCUT2D eigenvalue weighted by Gasteiger charge is -2.22. The molecule has 0 fully saturated rings. The van der Waals surface area contributed by atoms with E-state index in [1.807, 2.05) is 23.7 Å². The summed E-state index contributed by atoms with van der Waals surface area (Å²) in [5, 5.41) is 15.3. The first-order chi connectivity index (χ1) is 10.1. The number of rotatable bonds is 6. The second kappa shape index (κ2) is 6.90. The van der Waals surface area contributed by atoms with Crippen LogP contribution >= 0.6 is 0 Å². The van der Waals surface area contributed by atoms with Crippen LogP contribution in [-0.4, -0.2) is 14.9 Å². The summed E-state index contributed by atoms with van der Waals surface area (Å²) in [6.07, 6.45) is 2.34. The van der Waals surface area contributed by atoms with Gasteiger partial charge in [0.1, 0.15) is 6.10 Å². The molecule has 114 valence electrons. The number of aliphatic hydroxyl groups is 1. The first kappa shape index (κ1) is 15.8. The smallest absolute Gasteiger partial charge is 0.101 e. The van der Waals surface area contributed by atoms with Crippen molar-refractivity contribution in [3.8, 4) is 0 Å². The quantitative estimate of drug-likeness (QED) is 0.875. The van der Waals surface area contributed by atoms with Crippen LogP contribution in [0.2, 0.25) is 0 Å². The van der Waals surface area contributed by atoms with E-state index in [9.17, 15) is 5.11 Å². The fourth-order valence-corrected chi connectivity index (χ4v) is 2.64. The van der Waals surface area contributed by atoms with Crippen LogP contribution in [0.4, 0.5) is 0 Å². The molecular weight excluding hydrogens is 260 g/mol. The highest BCUT2D eigenvalue weighted by molar-refractivity contribution is 5.25. The Hall–Kier alpha value is -1.61. The lowest BCUT2D eigenvalue weighted by Crippen LogP contribution is -2.18. The zero-order valence-electron chi connectivity index (χ0n) is 13.5. The SMILES string of the molecule is CCc1ccc(C(O)C(C)n2nc(CC)cc2CC)cc1. The Morgan fingerprint density at radius 1 is 1.05 bits per heavy atom. The second-order valence-electron chi connectivity index (χ2n) is 5.56. The number of aromatic nitrogens is 2. The molecular formula is C18H26N2O. The lowest BCUT2D eigenvalue weighted by atomic mass is 10.0. The van der Waals surface area contributed by atoms with Gasteiger partial charge in [0, 0.05) is 5.69 Å². The molecule has 2 atom stereocenters. The van der Waals surface area contributed by atoms with Crippen molar-refractivity contribution in [2.45, 2.75) is 59.1 Å². The molecule has 1 N–H and O–H groups in total. The first-order valence-corrected chi connectivity index (χ1v) is 7.94. The molecule has 1 aromatic heterocycles.